The average Bonchev–Trinajstić information content (AvgIpc) is 1.77. The zero-order valence-electron chi connectivity index (χ0n) is 3.36. The lowest BCUT2D eigenvalue weighted by Gasteiger charge is -2.04. The van der Waals surface area contributed by atoms with Gasteiger partial charge in [0.1, 0.15) is 0 Å². The minimum Gasteiger partial charge on any atom is -0.240 e. The normalized spacial score (nSPS) is 21.8. The maximum absolute atomic E-state index is 9.87. The minimum absolute atomic E-state index is 1.18. The molecule has 1 rings (SSSR count). The second kappa shape index (κ2) is 2.07. The van der Waals surface area contributed by atoms with Crippen molar-refractivity contribution in [2.45, 2.75) is 0 Å². The van der Waals surface area contributed by atoms with Crippen LogP contribution in [0.2, 0.25) is 0 Å². The third-order valence-corrected chi connectivity index (χ3v) is 0.674. The van der Waals surface area contributed by atoms with E-state index in [1.54, 1.807) is 0 Å². The van der Waals surface area contributed by atoms with Gasteiger partial charge in [0.2, 0.25) is 0 Å². The molecule has 8 heavy (non-hydrogen) atoms. The lowest BCUT2D eigenvalue weighted by Crippen LogP contribution is -2.18. The fourth-order valence-electron chi connectivity index (χ4n) is 0.136. The molecule has 0 N–H and O–H groups in total. The Hall–Kier alpha value is -0.660. The van der Waals surface area contributed by atoms with Crippen LogP contribution in [0.1, 0.15) is 0 Å². The highest BCUT2D eigenvalue weighted by Crippen LogP contribution is 2.01. The van der Waals surface area contributed by atoms with Crippen LogP contribution in [0, 0.1) is 0 Å². The van der Waals surface area contributed by atoms with Crippen molar-refractivity contribution in [3.8, 4) is 0 Å². The Labute approximate surface area is 46.0 Å². The first-order valence-electron chi connectivity index (χ1n) is 1.45. The molecule has 0 aromatic heterocycles. The Kier molecular flexibility index (Phi) is 1.42. The summed E-state index contributed by atoms with van der Waals surface area (Å²) in [6, 6.07) is 0. The van der Waals surface area contributed by atoms with Crippen molar-refractivity contribution in [3.05, 3.63) is 0 Å². The van der Waals surface area contributed by atoms with Crippen molar-refractivity contribution >= 4 is 17.5 Å². The second-order valence-electron chi connectivity index (χ2n) is 0.757. The van der Waals surface area contributed by atoms with E-state index in [1.807, 2.05) is 0 Å². The van der Waals surface area contributed by atoms with E-state index in [9.17, 15) is 9.00 Å². The van der Waals surface area contributed by atoms with Gasteiger partial charge in [-0.05, 0) is 8.67 Å². The van der Waals surface area contributed by atoms with Crippen LogP contribution in [-0.4, -0.2) is 10.4 Å². The van der Waals surface area contributed by atoms with Crippen LogP contribution in [0.25, 0.3) is 0 Å². The Morgan fingerprint density at radius 2 is 1.75 bits per heavy atom. The summed E-state index contributed by atoms with van der Waals surface area (Å²) in [7, 11) is 0. The average molecular weight is 140 g/mol. The second-order valence-corrected chi connectivity index (χ2v) is 1.44. The van der Waals surface area contributed by atoms with Gasteiger partial charge >= 0.3 is 17.5 Å². The topological polar surface area (TPSA) is 71.1 Å². The van der Waals surface area contributed by atoms with Crippen molar-refractivity contribution in [2.75, 3.05) is 0 Å². The monoisotopic (exact) mass is 140 g/mol. The van der Waals surface area contributed by atoms with Gasteiger partial charge in [0, 0.05) is 0 Å². The molecule has 1 saturated heterocycles. The summed E-state index contributed by atoms with van der Waals surface area (Å²) in [5, 5.41) is 0. The molecule has 0 saturated carbocycles. The molecule has 46 valence electrons. The summed E-state index contributed by atoms with van der Waals surface area (Å²) < 4.78 is 17.2. The van der Waals surface area contributed by atoms with Crippen molar-refractivity contribution in [1.29, 1.82) is 0 Å². The Morgan fingerprint density at radius 3 is 2.12 bits per heavy atom. The quantitative estimate of drug-likeness (QED) is 0.426. The van der Waals surface area contributed by atoms with Crippen LogP contribution in [0.4, 0.5) is 4.79 Å². The van der Waals surface area contributed by atoms with Gasteiger partial charge in [0.15, 0.2) is 0 Å². The standard InChI is InChI=1S/CO6S/c2-1-4-6-8(3)7-5-1. The summed E-state index contributed by atoms with van der Waals surface area (Å²) in [5.74, 6) is 0. The third kappa shape index (κ3) is 1.15. The third-order valence-electron chi connectivity index (χ3n) is 0.315. The van der Waals surface area contributed by atoms with Crippen LogP contribution < -0.4 is 0 Å². The molecule has 0 aromatic rings. The smallest absolute Gasteiger partial charge is 0.240 e. The van der Waals surface area contributed by atoms with E-state index < -0.39 is 17.5 Å². The predicted molar refractivity (Wildman–Crippen MR) is 17.9 cm³/mol. The van der Waals surface area contributed by atoms with Crippen LogP contribution in [0.3, 0.4) is 0 Å². The fraction of sp³-hybridized carbons (Fsp3) is 0. The predicted octanol–water partition coefficient (Wildman–Crippen LogP) is -0.405. The first kappa shape index (κ1) is 5.48. The van der Waals surface area contributed by atoms with E-state index >= 15 is 0 Å². The van der Waals surface area contributed by atoms with E-state index in [0.29, 0.717) is 0 Å². The van der Waals surface area contributed by atoms with Gasteiger partial charge < -0.3 is 0 Å². The zero-order chi connectivity index (χ0) is 5.98. The first-order chi connectivity index (χ1) is 3.79. The summed E-state index contributed by atoms with van der Waals surface area (Å²) >= 11 is -2.13. The summed E-state index contributed by atoms with van der Waals surface area (Å²) in [6.45, 7) is 0. The van der Waals surface area contributed by atoms with E-state index in [2.05, 4.69) is 18.4 Å². The summed E-state index contributed by atoms with van der Waals surface area (Å²) in [6.07, 6.45) is -1.18. The molecule has 1 heterocycles. The van der Waals surface area contributed by atoms with Crippen molar-refractivity contribution in [3.63, 3.8) is 0 Å². The molecular formula is CO6S. The number of hydrogen-bond donors (Lipinski definition) is 0. The lowest BCUT2D eigenvalue weighted by molar-refractivity contribution is -0.278. The fourth-order valence-corrected chi connectivity index (χ4v) is 0.381. The highest BCUT2D eigenvalue weighted by Gasteiger charge is 2.20. The van der Waals surface area contributed by atoms with Gasteiger partial charge in [-0.15, -0.1) is 0 Å². The maximum atomic E-state index is 9.87. The Morgan fingerprint density at radius 1 is 1.25 bits per heavy atom. The van der Waals surface area contributed by atoms with Crippen LogP contribution in [-0.2, 0) is 29.8 Å². The van der Waals surface area contributed by atoms with Crippen LogP contribution in [0.15, 0.2) is 0 Å². The SMILES string of the molecule is O=C1OOS(=O)OO1. The zero-order valence-corrected chi connectivity index (χ0v) is 4.17. The molecule has 0 atom stereocenters. The number of rotatable bonds is 0. The molecule has 7 heteroatoms. The van der Waals surface area contributed by atoms with Crippen LogP contribution in [0.5, 0.6) is 0 Å². The van der Waals surface area contributed by atoms with Crippen LogP contribution >= 0.6 is 0 Å². The van der Waals surface area contributed by atoms with Gasteiger partial charge in [0.25, 0.3) is 0 Å². The largest absolute Gasteiger partial charge is 0.575 e. The maximum Gasteiger partial charge on any atom is 0.575 e. The number of carbonyl (C=O) groups is 1. The lowest BCUT2D eigenvalue weighted by atomic mass is 11.4. The molecule has 1 aliphatic rings. The molecule has 6 nitrogen and oxygen atoms in total. The molecule has 0 amide bonds. The summed E-state index contributed by atoms with van der Waals surface area (Å²) in [4.78, 5) is 17.0. The minimum atomic E-state index is -2.13. The first-order valence-corrected chi connectivity index (χ1v) is 2.45. The molecule has 0 aliphatic carbocycles. The number of carbonyl (C=O) groups excluding carboxylic acids is 1. The highest BCUT2D eigenvalue weighted by atomic mass is 32.2. The Balaban J connectivity index is 2.40. The molecule has 1 fully saturated rings. The molecular weight excluding hydrogens is 140 g/mol. The number of hydrogen-bond acceptors (Lipinski definition) is 6. The molecule has 0 radical (unpaired) electrons. The van der Waals surface area contributed by atoms with Gasteiger partial charge in [-0.2, -0.15) is 9.00 Å². The van der Waals surface area contributed by atoms with E-state index in [-0.39, 0.29) is 0 Å². The van der Waals surface area contributed by atoms with Crippen molar-refractivity contribution in [2.24, 2.45) is 0 Å². The van der Waals surface area contributed by atoms with E-state index in [1.165, 1.54) is 0 Å². The molecule has 0 aromatic carbocycles. The molecule has 0 unspecified atom stereocenters. The van der Waals surface area contributed by atoms with Gasteiger partial charge in [0.05, 0.1) is 0 Å². The van der Waals surface area contributed by atoms with Gasteiger partial charge in [-0.3, -0.25) is 0 Å². The molecule has 1 aliphatic heterocycles. The van der Waals surface area contributed by atoms with Crippen molar-refractivity contribution < 1.29 is 27.4 Å². The van der Waals surface area contributed by atoms with Gasteiger partial charge in [-0.1, -0.05) is 0 Å². The van der Waals surface area contributed by atoms with Crippen molar-refractivity contribution in [1.82, 2.24) is 0 Å². The van der Waals surface area contributed by atoms with E-state index in [0.717, 1.165) is 0 Å². The molecule has 0 spiro atoms. The van der Waals surface area contributed by atoms with E-state index in [4.69, 9.17) is 0 Å². The Bertz CT molecular complexity index is 100. The highest BCUT2D eigenvalue weighted by molar-refractivity contribution is 7.75. The molecule has 0 bridgehead atoms. The van der Waals surface area contributed by atoms with Gasteiger partial charge in [-0.25, -0.2) is 9.78 Å². The summed E-state index contributed by atoms with van der Waals surface area (Å²) in [5.41, 5.74) is 0.